The van der Waals surface area contributed by atoms with Crippen LogP contribution in [0.4, 0.5) is 5.69 Å². The van der Waals surface area contributed by atoms with Crippen molar-refractivity contribution in [3.05, 3.63) is 51.6 Å². The number of hydrogen-bond donors (Lipinski definition) is 1. The molecule has 0 aliphatic carbocycles. The van der Waals surface area contributed by atoms with Crippen molar-refractivity contribution in [1.82, 2.24) is 4.90 Å². The number of aliphatic hydroxyl groups excluding tert-OH is 1. The topological polar surface area (TPSA) is 83.7 Å². The van der Waals surface area contributed by atoms with Crippen molar-refractivity contribution in [2.75, 3.05) is 19.7 Å². The normalized spacial score (nSPS) is 10.0. The Balaban J connectivity index is 3.07. The number of nitrogens with zero attached hydrogens (tertiary/aromatic N) is 2. The van der Waals surface area contributed by atoms with E-state index in [4.69, 9.17) is 16.7 Å². The molecule has 0 spiro atoms. The zero-order valence-electron chi connectivity index (χ0n) is 10.1. The Morgan fingerprint density at radius 3 is 2.79 bits per heavy atom. The molecule has 102 valence electrons. The maximum atomic E-state index is 12.1. The maximum Gasteiger partial charge on any atom is 0.288 e. The highest BCUT2D eigenvalue weighted by molar-refractivity contribution is 6.32. The fourth-order valence-electron chi connectivity index (χ4n) is 1.52. The van der Waals surface area contributed by atoms with E-state index >= 15 is 0 Å². The van der Waals surface area contributed by atoms with Crippen molar-refractivity contribution in [2.24, 2.45) is 0 Å². The van der Waals surface area contributed by atoms with E-state index in [9.17, 15) is 14.9 Å². The van der Waals surface area contributed by atoms with Crippen molar-refractivity contribution in [3.8, 4) is 0 Å². The van der Waals surface area contributed by atoms with Crippen LogP contribution in [0.2, 0.25) is 5.02 Å². The van der Waals surface area contributed by atoms with Gasteiger partial charge in [-0.25, -0.2) is 0 Å². The highest BCUT2D eigenvalue weighted by Gasteiger charge is 2.19. The maximum absolute atomic E-state index is 12.1. The SMILES string of the molecule is C=CCN(CCO)C(=O)c1ccc(Cl)c([N+](=O)[O-])c1. The summed E-state index contributed by atoms with van der Waals surface area (Å²) in [6.45, 7) is 3.69. The molecule has 0 saturated carbocycles. The van der Waals surface area contributed by atoms with Crippen molar-refractivity contribution in [1.29, 1.82) is 0 Å². The summed E-state index contributed by atoms with van der Waals surface area (Å²) in [6.07, 6.45) is 1.51. The fourth-order valence-corrected chi connectivity index (χ4v) is 1.71. The minimum Gasteiger partial charge on any atom is -0.395 e. The lowest BCUT2D eigenvalue weighted by Crippen LogP contribution is -2.33. The van der Waals surface area contributed by atoms with Crippen molar-refractivity contribution < 1.29 is 14.8 Å². The van der Waals surface area contributed by atoms with E-state index in [0.717, 1.165) is 6.07 Å². The van der Waals surface area contributed by atoms with Gasteiger partial charge in [0.25, 0.3) is 11.6 Å². The second kappa shape index (κ2) is 6.86. The minimum atomic E-state index is -0.650. The third-order valence-electron chi connectivity index (χ3n) is 2.40. The summed E-state index contributed by atoms with van der Waals surface area (Å²) in [7, 11) is 0. The van der Waals surface area contributed by atoms with Gasteiger partial charge in [0.05, 0.1) is 11.5 Å². The van der Waals surface area contributed by atoms with Crippen LogP contribution in [0.3, 0.4) is 0 Å². The number of aliphatic hydroxyl groups is 1. The molecule has 1 rings (SSSR count). The lowest BCUT2D eigenvalue weighted by molar-refractivity contribution is -0.384. The molecule has 0 saturated heterocycles. The molecule has 0 fully saturated rings. The molecule has 6 nitrogen and oxygen atoms in total. The first-order valence-corrected chi connectivity index (χ1v) is 5.84. The van der Waals surface area contributed by atoms with E-state index in [0.29, 0.717) is 0 Å². The third-order valence-corrected chi connectivity index (χ3v) is 2.72. The second-order valence-corrected chi connectivity index (χ2v) is 4.09. The van der Waals surface area contributed by atoms with E-state index < -0.39 is 10.8 Å². The first-order valence-electron chi connectivity index (χ1n) is 5.46. The van der Waals surface area contributed by atoms with Crippen LogP contribution in [0.1, 0.15) is 10.4 Å². The number of carbonyl (C=O) groups is 1. The average molecular weight is 285 g/mol. The molecule has 19 heavy (non-hydrogen) atoms. The summed E-state index contributed by atoms with van der Waals surface area (Å²) in [5, 5.41) is 19.6. The standard InChI is InChI=1S/C12H13ClN2O4/c1-2-5-14(6-7-16)12(17)9-3-4-10(13)11(8-9)15(18)19/h2-4,8,16H,1,5-7H2. The molecular weight excluding hydrogens is 272 g/mol. The molecule has 1 N–H and O–H groups in total. The Morgan fingerprint density at radius 1 is 1.58 bits per heavy atom. The van der Waals surface area contributed by atoms with Crippen LogP contribution in [0.5, 0.6) is 0 Å². The first kappa shape index (κ1) is 15.1. The highest BCUT2D eigenvalue weighted by Crippen LogP contribution is 2.25. The third kappa shape index (κ3) is 3.77. The van der Waals surface area contributed by atoms with Crippen LogP contribution in [-0.4, -0.2) is 40.5 Å². The van der Waals surface area contributed by atoms with E-state index in [1.165, 1.54) is 23.1 Å². The monoisotopic (exact) mass is 284 g/mol. The molecule has 0 bridgehead atoms. The van der Waals surface area contributed by atoms with Crippen molar-refractivity contribution >= 4 is 23.2 Å². The van der Waals surface area contributed by atoms with E-state index in [1.807, 2.05) is 0 Å². The van der Waals surface area contributed by atoms with E-state index in [1.54, 1.807) is 0 Å². The van der Waals surface area contributed by atoms with Gasteiger partial charge in [0.15, 0.2) is 0 Å². The molecule has 0 aliphatic heterocycles. The molecule has 0 radical (unpaired) electrons. The lowest BCUT2D eigenvalue weighted by atomic mass is 10.1. The number of hydrogen-bond acceptors (Lipinski definition) is 4. The Labute approximate surface area is 115 Å². The quantitative estimate of drug-likeness (QED) is 0.491. The Morgan fingerprint density at radius 2 is 2.26 bits per heavy atom. The molecule has 0 aliphatic rings. The second-order valence-electron chi connectivity index (χ2n) is 3.69. The molecule has 7 heteroatoms. The van der Waals surface area contributed by atoms with Gasteiger partial charge in [-0.1, -0.05) is 17.7 Å². The molecule has 1 amide bonds. The van der Waals surface area contributed by atoms with Gasteiger partial charge in [-0.15, -0.1) is 6.58 Å². The van der Waals surface area contributed by atoms with E-state index in [-0.39, 0.29) is 36.0 Å². The lowest BCUT2D eigenvalue weighted by Gasteiger charge is -2.19. The molecular formula is C12H13ClN2O4. The van der Waals surface area contributed by atoms with Crippen LogP contribution in [0, 0.1) is 10.1 Å². The highest BCUT2D eigenvalue weighted by atomic mass is 35.5. The molecule has 1 aromatic carbocycles. The van der Waals surface area contributed by atoms with Crippen LogP contribution < -0.4 is 0 Å². The molecule has 0 aromatic heterocycles. The van der Waals surface area contributed by atoms with E-state index in [2.05, 4.69) is 6.58 Å². The summed E-state index contributed by atoms with van der Waals surface area (Å²) >= 11 is 5.68. The summed E-state index contributed by atoms with van der Waals surface area (Å²) in [5.74, 6) is -0.422. The number of rotatable bonds is 6. The average Bonchev–Trinajstić information content (AvgIpc) is 2.38. The first-order chi connectivity index (χ1) is 9.01. The largest absolute Gasteiger partial charge is 0.395 e. The van der Waals surface area contributed by atoms with Crippen LogP contribution in [0.15, 0.2) is 30.9 Å². The van der Waals surface area contributed by atoms with Gasteiger partial charge in [0.1, 0.15) is 5.02 Å². The minimum absolute atomic E-state index is 0.0287. The van der Waals surface area contributed by atoms with Crippen LogP contribution >= 0.6 is 11.6 Å². The van der Waals surface area contributed by atoms with Crippen LogP contribution in [-0.2, 0) is 0 Å². The number of nitro groups is 1. The molecule has 0 heterocycles. The van der Waals surface area contributed by atoms with Gasteiger partial charge in [0.2, 0.25) is 0 Å². The van der Waals surface area contributed by atoms with Gasteiger partial charge in [0, 0.05) is 24.7 Å². The summed E-state index contributed by atoms with van der Waals surface area (Å²) in [5.41, 5.74) is -0.179. The van der Waals surface area contributed by atoms with Crippen molar-refractivity contribution in [2.45, 2.75) is 0 Å². The smallest absolute Gasteiger partial charge is 0.288 e. The molecule has 0 atom stereocenters. The predicted molar refractivity (Wildman–Crippen MR) is 71.3 cm³/mol. The Kier molecular flexibility index (Phi) is 5.47. The van der Waals surface area contributed by atoms with Gasteiger partial charge < -0.3 is 10.0 Å². The number of nitro benzene ring substituents is 1. The Bertz CT molecular complexity index is 505. The Hall–Kier alpha value is -1.92. The summed E-state index contributed by atoms with van der Waals surface area (Å²) in [6, 6.07) is 3.83. The van der Waals surface area contributed by atoms with Crippen LogP contribution in [0.25, 0.3) is 0 Å². The predicted octanol–water partition coefficient (Wildman–Crippen LogP) is 1.87. The zero-order chi connectivity index (χ0) is 14.4. The number of halogens is 1. The zero-order valence-corrected chi connectivity index (χ0v) is 10.8. The summed E-state index contributed by atoms with van der Waals surface area (Å²) < 4.78 is 0. The number of carbonyl (C=O) groups excluding carboxylic acids is 1. The molecule has 0 unspecified atom stereocenters. The summed E-state index contributed by atoms with van der Waals surface area (Å²) in [4.78, 5) is 23.6. The number of amides is 1. The van der Waals surface area contributed by atoms with Gasteiger partial charge >= 0.3 is 0 Å². The number of benzene rings is 1. The van der Waals surface area contributed by atoms with Gasteiger partial charge in [-0.05, 0) is 12.1 Å². The molecule has 1 aromatic rings. The fraction of sp³-hybridized carbons (Fsp3) is 0.250. The van der Waals surface area contributed by atoms with Gasteiger partial charge in [-0.3, -0.25) is 14.9 Å². The van der Waals surface area contributed by atoms with Crippen molar-refractivity contribution in [3.63, 3.8) is 0 Å². The van der Waals surface area contributed by atoms with Gasteiger partial charge in [-0.2, -0.15) is 0 Å².